The number of carbonyl (C=O) groups is 2. The molecule has 32 heavy (non-hydrogen) atoms. The Bertz CT molecular complexity index is 679. The molecule has 5 fully saturated rings. The van der Waals surface area contributed by atoms with Crippen LogP contribution in [0.15, 0.2) is 0 Å². The fraction of sp³-hybridized carbons (Fsp3) is 0.917. The summed E-state index contributed by atoms with van der Waals surface area (Å²) in [6.45, 7) is 6.73. The van der Waals surface area contributed by atoms with Gasteiger partial charge in [-0.05, 0) is 50.9 Å². The molecule has 3 saturated heterocycles. The lowest BCUT2D eigenvalue weighted by atomic mass is 9.77. The Kier molecular flexibility index (Phi) is 6.72. The molecule has 0 aromatic carbocycles. The maximum absolute atomic E-state index is 14.4. The van der Waals surface area contributed by atoms with E-state index in [2.05, 4.69) is 22.5 Å². The second kappa shape index (κ2) is 9.55. The van der Waals surface area contributed by atoms with Crippen LogP contribution < -0.4 is 10.6 Å². The number of amides is 2. The first kappa shape index (κ1) is 22.5. The van der Waals surface area contributed by atoms with E-state index in [0.29, 0.717) is 38.0 Å². The lowest BCUT2D eigenvalue weighted by Gasteiger charge is -2.43. The van der Waals surface area contributed by atoms with Crippen LogP contribution in [0.2, 0.25) is 0 Å². The van der Waals surface area contributed by atoms with Gasteiger partial charge in [0.2, 0.25) is 11.8 Å². The molecule has 0 bridgehead atoms. The molecular formula is C24H39FN4O3. The maximum Gasteiger partial charge on any atom is 0.237 e. The highest BCUT2D eigenvalue weighted by Crippen LogP contribution is 2.38. The van der Waals surface area contributed by atoms with Crippen molar-refractivity contribution in [2.75, 3.05) is 39.4 Å². The van der Waals surface area contributed by atoms with E-state index in [0.717, 1.165) is 58.3 Å². The van der Waals surface area contributed by atoms with Crippen LogP contribution in [0.1, 0.15) is 51.9 Å². The van der Waals surface area contributed by atoms with Crippen molar-refractivity contribution in [2.45, 2.75) is 82.2 Å². The molecule has 8 heteroatoms. The van der Waals surface area contributed by atoms with Gasteiger partial charge in [-0.25, -0.2) is 4.39 Å². The summed E-state index contributed by atoms with van der Waals surface area (Å²) in [6.07, 6.45) is 5.65. The Labute approximate surface area is 190 Å². The number of nitrogens with zero attached hydrogens (tertiary/aromatic N) is 2. The molecule has 7 nitrogen and oxygen atoms in total. The highest BCUT2D eigenvalue weighted by Gasteiger charge is 2.46. The van der Waals surface area contributed by atoms with E-state index in [9.17, 15) is 14.0 Å². The van der Waals surface area contributed by atoms with Gasteiger partial charge in [-0.1, -0.05) is 6.92 Å². The van der Waals surface area contributed by atoms with E-state index in [1.165, 1.54) is 0 Å². The number of rotatable bonds is 4. The fourth-order valence-electron chi connectivity index (χ4n) is 6.67. The zero-order valence-electron chi connectivity index (χ0n) is 19.3. The Balaban J connectivity index is 1.09. The predicted octanol–water partition coefficient (Wildman–Crippen LogP) is 1.32. The summed E-state index contributed by atoms with van der Waals surface area (Å²) in [7, 11) is 0. The highest BCUT2D eigenvalue weighted by molar-refractivity contribution is 5.82. The van der Waals surface area contributed by atoms with Crippen molar-refractivity contribution in [3.63, 3.8) is 0 Å². The molecule has 7 atom stereocenters. The fourth-order valence-corrected chi connectivity index (χ4v) is 6.67. The summed E-state index contributed by atoms with van der Waals surface area (Å²) in [4.78, 5) is 30.0. The van der Waals surface area contributed by atoms with Crippen molar-refractivity contribution in [2.24, 2.45) is 17.8 Å². The quantitative estimate of drug-likeness (QED) is 0.676. The number of piperazine rings is 1. The van der Waals surface area contributed by atoms with Crippen molar-refractivity contribution >= 4 is 11.8 Å². The van der Waals surface area contributed by atoms with E-state index in [4.69, 9.17) is 4.74 Å². The predicted molar refractivity (Wildman–Crippen MR) is 119 cm³/mol. The molecule has 5 unspecified atom stereocenters. The van der Waals surface area contributed by atoms with Gasteiger partial charge in [-0.2, -0.15) is 0 Å². The molecule has 2 amide bonds. The minimum Gasteiger partial charge on any atom is -0.380 e. The summed E-state index contributed by atoms with van der Waals surface area (Å²) in [6, 6.07) is 0.539. The average molecular weight is 451 g/mol. The molecule has 2 aliphatic carbocycles. The first-order valence-corrected chi connectivity index (χ1v) is 12.8. The second-order valence-electron chi connectivity index (χ2n) is 10.8. The number of fused-ring (bicyclic) bond motifs is 1. The summed E-state index contributed by atoms with van der Waals surface area (Å²) >= 11 is 0. The minimum absolute atomic E-state index is 0.0147. The van der Waals surface area contributed by atoms with Crippen molar-refractivity contribution < 1.29 is 18.7 Å². The number of halogens is 1. The van der Waals surface area contributed by atoms with Gasteiger partial charge in [-0.3, -0.25) is 14.5 Å². The Hall–Kier alpha value is -1.25. The summed E-state index contributed by atoms with van der Waals surface area (Å²) in [5.74, 6) is 0.798. The van der Waals surface area contributed by atoms with E-state index in [1.54, 1.807) is 0 Å². The van der Waals surface area contributed by atoms with Crippen molar-refractivity contribution in [1.29, 1.82) is 0 Å². The summed E-state index contributed by atoms with van der Waals surface area (Å²) in [5, 5.41) is 6.76. The molecule has 0 spiro atoms. The van der Waals surface area contributed by atoms with E-state index < -0.39 is 6.17 Å². The molecule has 5 aliphatic rings. The van der Waals surface area contributed by atoms with Crippen LogP contribution in [-0.2, 0) is 14.3 Å². The number of carbonyl (C=O) groups excluding carboxylic acids is 2. The first-order valence-electron chi connectivity index (χ1n) is 12.8. The smallest absolute Gasteiger partial charge is 0.237 e. The molecule has 0 radical (unpaired) electrons. The SMILES string of the molecule is CC1CCC(F)C2CC(C(=O)N[C@@H]3CCC[C@H](N4CCN(C(=O)C5COC5)CC4)C3)NC12. The van der Waals surface area contributed by atoms with Crippen LogP contribution >= 0.6 is 0 Å². The number of hydrogen-bond acceptors (Lipinski definition) is 5. The maximum atomic E-state index is 14.4. The zero-order chi connectivity index (χ0) is 22.2. The zero-order valence-corrected chi connectivity index (χ0v) is 19.3. The molecule has 0 aromatic rings. The number of ether oxygens (including phenoxy) is 1. The Morgan fingerprint density at radius 2 is 1.81 bits per heavy atom. The van der Waals surface area contributed by atoms with Crippen LogP contribution in [-0.4, -0.2) is 91.3 Å². The molecule has 180 valence electrons. The highest BCUT2D eigenvalue weighted by atomic mass is 19.1. The molecule has 3 heterocycles. The van der Waals surface area contributed by atoms with E-state index in [1.807, 2.05) is 4.90 Å². The summed E-state index contributed by atoms with van der Waals surface area (Å²) < 4.78 is 19.6. The number of alkyl halides is 1. The lowest BCUT2D eigenvalue weighted by Crippen LogP contribution is -2.57. The van der Waals surface area contributed by atoms with E-state index in [-0.39, 0.29) is 41.8 Å². The Morgan fingerprint density at radius 3 is 2.50 bits per heavy atom. The van der Waals surface area contributed by atoms with Gasteiger partial charge >= 0.3 is 0 Å². The molecule has 0 aromatic heterocycles. The van der Waals surface area contributed by atoms with Crippen molar-refractivity contribution in [1.82, 2.24) is 20.4 Å². The molecule has 5 rings (SSSR count). The second-order valence-corrected chi connectivity index (χ2v) is 10.8. The van der Waals surface area contributed by atoms with Crippen molar-refractivity contribution in [3.05, 3.63) is 0 Å². The van der Waals surface area contributed by atoms with Gasteiger partial charge in [0.25, 0.3) is 0 Å². The van der Waals surface area contributed by atoms with Gasteiger partial charge in [-0.15, -0.1) is 0 Å². The summed E-state index contributed by atoms with van der Waals surface area (Å²) in [5.41, 5.74) is 0. The Morgan fingerprint density at radius 1 is 1.03 bits per heavy atom. The standard InChI is InChI=1S/C24H39FN4O3/c1-15-5-6-20(25)19-12-21(27-22(15)19)23(30)26-17-3-2-4-18(11-17)28-7-9-29(10-8-28)24(31)16-13-32-14-16/h15-22,27H,2-14H2,1H3,(H,26,30)/t15?,17-,18+,19?,20?,21?,22?/m1/s1. The van der Waals surface area contributed by atoms with Crippen LogP contribution in [0.4, 0.5) is 4.39 Å². The van der Waals surface area contributed by atoms with Gasteiger partial charge in [0, 0.05) is 50.2 Å². The van der Waals surface area contributed by atoms with Crippen LogP contribution in [0.5, 0.6) is 0 Å². The molecule has 2 N–H and O–H groups in total. The van der Waals surface area contributed by atoms with Gasteiger partial charge < -0.3 is 20.3 Å². The van der Waals surface area contributed by atoms with Gasteiger partial charge in [0.05, 0.1) is 25.2 Å². The topological polar surface area (TPSA) is 73.9 Å². The van der Waals surface area contributed by atoms with Gasteiger partial charge in [0.1, 0.15) is 6.17 Å². The van der Waals surface area contributed by atoms with Crippen molar-refractivity contribution in [3.8, 4) is 0 Å². The van der Waals surface area contributed by atoms with Crippen LogP contribution in [0, 0.1) is 17.8 Å². The lowest BCUT2D eigenvalue weighted by molar-refractivity contribution is -0.152. The van der Waals surface area contributed by atoms with Crippen LogP contribution in [0.25, 0.3) is 0 Å². The number of hydrogen-bond donors (Lipinski definition) is 2. The normalized spacial score (nSPS) is 41.1. The number of nitrogens with one attached hydrogen (secondary N) is 2. The van der Waals surface area contributed by atoms with Crippen LogP contribution in [0.3, 0.4) is 0 Å². The molecule has 3 aliphatic heterocycles. The minimum atomic E-state index is -0.775. The molecular weight excluding hydrogens is 411 g/mol. The third-order valence-corrected chi connectivity index (χ3v) is 8.78. The monoisotopic (exact) mass is 450 g/mol. The molecule has 2 saturated carbocycles. The largest absolute Gasteiger partial charge is 0.380 e. The third-order valence-electron chi connectivity index (χ3n) is 8.78. The third kappa shape index (κ3) is 4.55. The first-order chi connectivity index (χ1) is 15.5. The van der Waals surface area contributed by atoms with Gasteiger partial charge in [0.15, 0.2) is 0 Å². The average Bonchev–Trinajstić information content (AvgIpc) is 3.23. The van der Waals surface area contributed by atoms with E-state index >= 15 is 0 Å².